The Balaban J connectivity index is 2.46. The van der Waals surface area contributed by atoms with Gasteiger partial charge in [-0.15, -0.1) is 10.2 Å². The van der Waals surface area contributed by atoms with Gasteiger partial charge in [0.05, 0.1) is 13.5 Å². The van der Waals surface area contributed by atoms with Crippen LogP contribution in [0, 0.1) is 0 Å². The van der Waals surface area contributed by atoms with Crippen molar-refractivity contribution >= 4 is 17.7 Å². The van der Waals surface area contributed by atoms with E-state index in [1.54, 1.807) is 12.1 Å². The largest absolute Gasteiger partial charge is 0.469 e. The van der Waals surface area contributed by atoms with E-state index in [1.165, 1.54) is 14.2 Å². The van der Waals surface area contributed by atoms with Gasteiger partial charge in [-0.05, 0) is 12.1 Å². The topological polar surface area (TPSA) is 93.2 Å². The lowest BCUT2D eigenvalue weighted by Gasteiger charge is -2.04. The summed E-state index contributed by atoms with van der Waals surface area (Å²) in [5, 5.41) is 12.9. The number of hydrogen-bond donors (Lipinski definition) is 2. The van der Waals surface area contributed by atoms with Crippen LogP contribution in [0.4, 0.5) is 5.82 Å². The number of hydrogen-bond acceptors (Lipinski definition) is 6. The van der Waals surface area contributed by atoms with E-state index < -0.39 is 0 Å². The van der Waals surface area contributed by atoms with Gasteiger partial charge in [0, 0.05) is 13.6 Å². The van der Waals surface area contributed by atoms with Gasteiger partial charge in [0.2, 0.25) is 0 Å². The van der Waals surface area contributed by atoms with Crippen LogP contribution in [-0.2, 0) is 9.53 Å². The predicted octanol–water partition coefficient (Wildman–Crippen LogP) is -0.189. The minimum absolute atomic E-state index is 0.242. The van der Waals surface area contributed by atoms with Gasteiger partial charge in [-0.3, -0.25) is 9.59 Å². The highest BCUT2D eigenvalue weighted by Crippen LogP contribution is 2.02. The van der Waals surface area contributed by atoms with Crippen LogP contribution in [-0.4, -0.2) is 42.8 Å². The van der Waals surface area contributed by atoms with E-state index >= 15 is 0 Å². The van der Waals surface area contributed by atoms with Crippen molar-refractivity contribution in [2.75, 3.05) is 26.0 Å². The van der Waals surface area contributed by atoms with Crippen molar-refractivity contribution in [3.63, 3.8) is 0 Å². The van der Waals surface area contributed by atoms with Crippen LogP contribution < -0.4 is 10.6 Å². The molecule has 1 rings (SSSR count). The number of rotatable bonds is 5. The maximum atomic E-state index is 11.2. The summed E-state index contributed by atoms with van der Waals surface area (Å²) >= 11 is 0. The number of carbonyl (C=O) groups is 2. The van der Waals surface area contributed by atoms with E-state index in [-0.39, 0.29) is 24.0 Å². The second kappa shape index (κ2) is 6.41. The maximum Gasteiger partial charge on any atom is 0.307 e. The first-order valence-electron chi connectivity index (χ1n) is 5.04. The average molecular weight is 238 g/mol. The molecule has 0 radical (unpaired) electrons. The van der Waals surface area contributed by atoms with Crippen LogP contribution in [0.3, 0.4) is 0 Å². The van der Waals surface area contributed by atoms with E-state index in [9.17, 15) is 9.59 Å². The van der Waals surface area contributed by atoms with Crippen molar-refractivity contribution in [3.05, 3.63) is 17.8 Å². The number of nitrogens with one attached hydrogen (secondary N) is 2. The number of aromatic nitrogens is 2. The van der Waals surface area contributed by atoms with E-state index in [0.717, 1.165) is 0 Å². The number of ether oxygens (including phenoxy) is 1. The molecule has 1 amide bonds. The van der Waals surface area contributed by atoms with Crippen LogP contribution in [0.1, 0.15) is 16.9 Å². The molecule has 0 bridgehead atoms. The molecule has 0 unspecified atom stereocenters. The highest BCUT2D eigenvalue weighted by atomic mass is 16.5. The molecule has 92 valence electrons. The minimum Gasteiger partial charge on any atom is -0.469 e. The standard InChI is InChI=1S/C10H14N4O3/c1-11-10(16)7-3-4-8(14-13-7)12-6-5-9(15)17-2/h3-4H,5-6H2,1-2H3,(H,11,16)(H,12,14). The van der Waals surface area contributed by atoms with Gasteiger partial charge >= 0.3 is 5.97 Å². The molecule has 0 aliphatic carbocycles. The van der Waals surface area contributed by atoms with Gasteiger partial charge in [0.1, 0.15) is 5.82 Å². The second-order valence-electron chi connectivity index (χ2n) is 3.14. The van der Waals surface area contributed by atoms with Crippen LogP contribution in [0.5, 0.6) is 0 Å². The normalized spacial score (nSPS) is 9.53. The third-order valence-electron chi connectivity index (χ3n) is 1.99. The Morgan fingerprint density at radius 2 is 2.12 bits per heavy atom. The van der Waals surface area contributed by atoms with E-state index in [0.29, 0.717) is 12.4 Å². The van der Waals surface area contributed by atoms with Crippen molar-refractivity contribution in [3.8, 4) is 0 Å². The predicted molar refractivity (Wildman–Crippen MR) is 60.5 cm³/mol. The molecule has 0 spiro atoms. The first-order valence-corrected chi connectivity index (χ1v) is 5.04. The molecule has 7 heteroatoms. The zero-order valence-electron chi connectivity index (χ0n) is 9.69. The summed E-state index contributed by atoms with van der Waals surface area (Å²) < 4.78 is 4.49. The number of methoxy groups -OCH3 is 1. The van der Waals surface area contributed by atoms with Crippen molar-refractivity contribution < 1.29 is 14.3 Å². The number of nitrogens with zero attached hydrogens (tertiary/aromatic N) is 2. The monoisotopic (exact) mass is 238 g/mol. The molecule has 0 aliphatic rings. The molecular weight excluding hydrogens is 224 g/mol. The molecule has 0 aliphatic heterocycles. The van der Waals surface area contributed by atoms with Crippen molar-refractivity contribution in [2.24, 2.45) is 0 Å². The van der Waals surface area contributed by atoms with Gasteiger partial charge in [-0.1, -0.05) is 0 Å². The zero-order chi connectivity index (χ0) is 12.7. The Labute approximate surface area is 98.6 Å². The minimum atomic E-state index is -0.299. The third-order valence-corrected chi connectivity index (χ3v) is 1.99. The lowest BCUT2D eigenvalue weighted by Crippen LogP contribution is -2.20. The number of carbonyl (C=O) groups excluding carboxylic acids is 2. The smallest absolute Gasteiger partial charge is 0.307 e. The van der Waals surface area contributed by atoms with E-state index in [4.69, 9.17) is 0 Å². The van der Waals surface area contributed by atoms with Crippen molar-refractivity contribution in [1.29, 1.82) is 0 Å². The summed E-state index contributed by atoms with van der Waals surface area (Å²) in [6.45, 7) is 0.403. The Morgan fingerprint density at radius 1 is 1.35 bits per heavy atom. The maximum absolute atomic E-state index is 11.2. The fourth-order valence-electron chi connectivity index (χ4n) is 1.07. The number of anilines is 1. The molecule has 1 aromatic heterocycles. The highest BCUT2D eigenvalue weighted by Gasteiger charge is 2.05. The summed E-state index contributed by atoms with van der Waals surface area (Å²) in [5.74, 6) is -0.0902. The Hall–Kier alpha value is -2.18. The zero-order valence-corrected chi connectivity index (χ0v) is 9.69. The molecule has 0 saturated carbocycles. The van der Waals surface area contributed by atoms with Gasteiger partial charge in [-0.25, -0.2) is 0 Å². The van der Waals surface area contributed by atoms with E-state index in [1.807, 2.05) is 0 Å². The van der Waals surface area contributed by atoms with Crippen LogP contribution in [0.15, 0.2) is 12.1 Å². The molecular formula is C10H14N4O3. The summed E-state index contributed by atoms with van der Waals surface area (Å²) in [6.07, 6.45) is 0.245. The summed E-state index contributed by atoms with van der Waals surface area (Å²) in [5.41, 5.74) is 0.242. The SMILES string of the molecule is CNC(=O)c1ccc(NCCC(=O)OC)nn1. The van der Waals surface area contributed by atoms with Crippen LogP contribution in [0.25, 0.3) is 0 Å². The first-order chi connectivity index (χ1) is 8.17. The van der Waals surface area contributed by atoms with Crippen LogP contribution in [0.2, 0.25) is 0 Å². The average Bonchev–Trinajstić information content (AvgIpc) is 2.38. The molecule has 7 nitrogen and oxygen atoms in total. The van der Waals surface area contributed by atoms with Crippen LogP contribution >= 0.6 is 0 Å². The van der Waals surface area contributed by atoms with Gasteiger partial charge in [0.25, 0.3) is 5.91 Å². The first kappa shape index (κ1) is 12.9. The Bertz CT molecular complexity index is 391. The molecule has 1 aromatic rings. The van der Waals surface area contributed by atoms with Crippen molar-refractivity contribution in [2.45, 2.75) is 6.42 Å². The van der Waals surface area contributed by atoms with Gasteiger partial charge in [-0.2, -0.15) is 0 Å². The van der Waals surface area contributed by atoms with Gasteiger partial charge in [0.15, 0.2) is 5.69 Å². The lowest BCUT2D eigenvalue weighted by atomic mass is 10.3. The molecule has 0 fully saturated rings. The summed E-state index contributed by atoms with van der Waals surface area (Å²) in [6, 6.07) is 3.17. The summed E-state index contributed by atoms with van der Waals surface area (Å²) in [4.78, 5) is 22.0. The number of amides is 1. The van der Waals surface area contributed by atoms with Gasteiger partial charge < -0.3 is 15.4 Å². The molecule has 1 heterocycles. The Kier molecular flexibility index (Phi) is 4.86. The Morgan fingerprint density at radius 3 is 2.65 bits per heavy atom. The van der Waals surface area contributed by atoms with Crippen molar-refractivity contribution in [1.82, 2.24) is 15.5 Å². The number of esters is 1. The molecule has 0 aromatic carbocycles. The fourth-order valence-corrected chi connectivity index (χ4v) is 1.07. The quantitative estimate of drug-likeness (QED) is 0.691. The molecule has 0 atom stereocenters. The van der Waals surface area contributed by atoms with E-state index in [2.05, 4.69) is 25.6 Å². The second-order valence-corrected chi connectivity index (χ2v) is 3.14. The lowest BCUT2D eigenvalue weighted by molar-refractivity contribution is -0.140. The third kappa shape index (κ3) is 4.06. The fraction of sp³-hybridized carbons (Fsp3) is 0.400. The molecule has 17 heavy (non-hydrogen) atoms. The molecule has 2 N–H and O–H groups in total. The molecule has 0 saturated heterocycles. The summed E-state index contributed by atoms with van der Waals surface area (Å²) in [7, 11) is 2.85. The highest BCUT2D eigenvalue weighted by molar-refractivity contribution is 5.91.